The van der Waals surface area contributed by atoms with Crippen LogP contribution in [0.3, 0.4) is 0 Å². The van der Waals surface area contributed by atoms with Crippen LogP contribution in [0.2, 0.25) is 0 Å². The van der Waals surface area contributed by atoms with Gasteiger partial charge < -0.3 is 19.8 Å². The lowest BCUT2D eigenvalue weighted by Crippen LogP contribution is -2.58. The Morgan fingerprint density at radius 1 is 0.944 bits per heavy atom. The van der Waals surface area contributed by atoms with Crippen molar-refractivity contribution in [1.29, 1.82) is 0 Å². The predicted octanol–water partition coefficient (Wildman–Crippen LogP) is 5.85. The molecule has 1 aliphatic carbocycles. The zero-order valence-electron chi connectivity index (χ0n) is 21.4. The molecule has 1 saturated heterocycles. The maximum absolute atomic E-state index is 10.3. The molecule has 2 aromatic carbocycles. The highest BCUT2D eigenvalue weighted by Gasteiger charge is 2.31. The number of halogens is 3. The van der Waals surface area contributed by atoms with Crippen molar-refractivity contribution in [2.45, 2.75) is 57.9 Å². The average molecular weight is 563 g/mol. The lowest BCUT2D eigenvalue weighted by atomic mass is 9.87. The van der Waals surface area contributed by atoms with Crippen LogP contribution in [-0.4, -0.2) is 66.1 Å². The number of benzene rings is 2. The molecule has 2 N–H and O–H groups in total. The van der Waals surface area contributed by atoms with E-state index in [1.807, 2.05) is 18.2 Å². The Morgan fingerprint density at radius 2 is 1.67 bits per heavy atom. The smallest absolute Gasteiger partial charge is 0.160 e. The average Bonchev–Trinajstić information content (AvgIpc) is 2.86. The number of anilines is 1. The number of phenolic OH excluding ortho intramolecular Hbond substituents is 2. The van der Waals surface area contributed by atoms with Crippen LogP contribution in [0.5, 0.6) is 17.2 Å². The molecule has 36 heavy (non-hydrogen) atoms. The van der Waals surface area contributed by atoms with Gasteiger partial charge in [-0.25, -0.2) is 10.0 Å². The zero-order chi connectivity index (χ0) is 23.2. The number of unbranched alkanes of at least 4 members (excludes halogenated alkanes) is 3. The minimum Gasteiger partial charge on any atom is -0.504 e. The summed E-state index contributed by atoms with van der Waals surface area (Å²) in [5, 5.41) is 25.4. The number of para-hydroxylation sites is 2. The summed E-state index contributed by atoms with van der Waals surface area (Å²) in [4.78, 5) is 2.43. The largest absolute Gasteiger partial charge is 0.504 e. The second-order valence-corrected chi connectivity index (χ2v) is 9.30. The highest BCUT2D eigenvalue weighted by Crippen LogP contribution is 2.37. The second kappa shape index (κ2) is 15.6. The van der Waals surface area contributed by atoms with Crippen molar-refractivity contribution < 1.29 is 14.9 Å². The van der Waals surface area contributed by atoms with Crippen LogP contribution in [0, 0.1) is 0 Å². The van der Waals surface area contributed by atoms with E-state index in [2.05, 4.69) is 34.0 Å². The standard InChI is InChI=1S/C27H39N3O3.3ClH/c1-3-4-5-8-15-30(22-12-13-23-21(20-22)11-14-25(31)27(23)32)29-18-16-28(17-19-29)24-9-6-7-10-26(24)33-2;;;/h6-7,9-11,14,22,31-32H,3-5,8,12-13,15-20H2,1-2H3;3*1H. The van der Waals surface area contributed by atoms with Gasteiger partial charge in [-0.15, -0.1) is 37.2 Å². The first-order valence-electron chi connectivity index (χ1n) is 12.5. The molecule has 1 unspecified atom stereocenters. The lowest BCUT2D eigenvalue weighted by Gasteiger charge is -2.46. The molecule has 6 nitrogen and oxygen atoms in total. The van der Waals surface area contributed by atoms with Crippen molar-refractivity contribution in [3.05, 3.63) is 47.5 Å². The molecule has 1 heterocycles. The molecule has 2 aliphatic rings. The Hall–Kier alpha value is -1.57. The third kappa shape index (κ3) is 7.48. The van der Waals surface area contributed by atoms with Gasteiger partial charge in [0.15, 0.2) is 11.5 Å². The molecule has 0 amide bonds. The topological polar surface area (TPSA) is 59.4 Å². The Balaban J connectivity index is 0.00000216. The summed E-state index contributed by atoms with van der Waals surface area (Å²) in [6.07, 6.45) is 7.76. The zero-order valence-corrected chi connectivity index (χ0v) is 23.8. The van der Waals surface area contributed by atoms with Crippen LogP contribution in [0.15, 0.2) is 36.4 Å². The van der Waals surface area contributed by atoms with E-state index in [0.29, 0.717) is 6.04 Å². The quantitative estimate of drug-likeness (QED) is 0.295. The fourth-order valence-corrected chi connectivity index (χ4v) is 5.40. The molecule has 0 saturated carbocycles. The number of piperazine rings is 1. The minimum atomic E-state index is -0.00363. The fourth-order valence-electron chi connectivity index (χ4n) is 5.40. The number of fused-ring (bicyclic) bond motifs is 1. The number of hydrazine groups is 1. The Labute approximate surface area is 234 Å². The number of hydrogen-bond donors (Lipinski definition) is 2. The summed E-state index contributed by atoms with van der Waals surface area (Å²) < 4.78 is 5.59. The van der Waals surface area contributed by atoms with Crippen LogP contribution in [-0.2, 0) is 12.8 Å². The number of ether oxygens (including phenoxy) is 1. The molecule has 0 spiro atoms. The van der Waals surface area contributed by atoms with Gasteiger partial charge in [0.05, 0.1) is 12.8 Å². The highest BCUT2D eigenvalue weighted by atomic mass is 35.5. The van der Waals surface area contributed by atoms with Gasteiger partial charge in [0.25, 0.3) is 0 Å². The summed E-state index contributed by atoms with van der Waals surface area (Å²) in [6.45, 7) is 7.28. The maximum Gasteiger partial charge on any atom is 0.160 e. The van der Waals surface area contributed by atoms with Gasteiger partial charge in [0, 0.05) is 44.3 Å². The van der Waals surface area contributed by atoms with Crippen LogP contribution < -0.4 is 9.64 Å². The molecular weight excluding hydrogens is 521 g/mol. The molecule has 0 aromatic heterocycles. The van der Waals surface area contributed by atoms with Crippen LogP contribution in [0.1, 0.15) is 50.2 Å². The van der Waals surface area contributed by atoms with Crippen molar-refractivity contribution in [1.82, 2.24) is 10.0 Å². The third-order valence-corrected chi connectivity index (χ3v) is 7.25. The highest BCUT2D eigenvalue weighted by molar-refractivity contribution is 5.86. The number of rotatable bonds is 9. The lowest BCUT2D eigenvalue weighted by molar-refractivity contribution is -0.0693. The van der Waals surface area contributed by atoms with E-state index in [1.165, 1.54) is 36.9 Å². The second-order valence-electron chi connectivity index (χ2n) is 9.30. The maximum atomic E-state index is 10.3. The van der Waals surface area contributed by atoms with E-state index in [0.717, 1.165) is 63.3 Å². The van der Waals surface area contributed by atoms with Gasteiger partial charge in [0.2, 0.25) is 0 Å². The van der Waals surface area contributed by atoms with E-state index in [1.54, 1.807) is 13.2 Å². The molecule has 0 radical (unpaired) electrons. The SMILES string of the molecule is CCCCCCN(C1CCc2c(ccc(O)c2O)C1)N1CCN(c2ccccc2OC)CC1.Cl.Cl.Cl. The van der Waals surface area contributed by atoms with E-state index in [9.17, 15) is 10.2 Å². The van der Waals surface area contributed by atoms with Gasteiger partial charge in [-0.3, -0.25) is 0 Å². The molecule has 1 fully saturated rings. The van der Waals surface area contributed by atoms with Gasteiger partial charge in [-0.2, -0.15) is 0 Å². The predicted molar refractivity (Wildman–Crippen MR) is 155 cm³/mol. The number of nitrogens with zero attached hydrogens (tertiary/aromatic N) is 3. The first-order valence-corrected chi connectivity index (χ1v) is 12.5. The van der Waals surface area contributed by atoms with Crippen molar-refractivity contribution in [3.8, 4) is 17.2 Å². The third-order valence-electron chi connectivity index (χ3n) is 7.25. The van der Waals surface area contributed by atoms with Gasteiger partial charge >= 0.3 is 0 Å². The summed E-state index contributed by atoms with van der Waals surface area (Å²) >= 11 is 0. The van der Waals surface area contributed by atoms with E-state index < -0.39 is 0 Å². The van der Waals surface area contributed by atoms with Crippen molar-refractivity contribution in [3.63, 3.8) is 0 Å². The Kier molecular flexibility index (Phi) is 14.1. The Bertz CT molecular complexity index is 926. The monoisotopic (exact) mass is 561 g/mol. The van der Waals surface area contributed by atoms with Crippen LogP contribution in [0.25, 0.3) is 0 Å². The van der Waals surface area contributed by atoms with Gasteiger partial charge in [-0.1, -0.05) is 44.4 Å². The molecule has 0 bridgehead atoms. The molecule has 204 valence electrons. The van der Waals surface area contributed by atoms with Gasteiger partial charge in [0.1, 0.15) is 5.75 Å². The van der Waals surface area contributed by atoms with E-state index in [4.69, 9.17) is 4.74 Å². The van der Waals surface area contributed by atoms with Crippen molar-refractivity contribution in [2.75, 3.05) is 44.7 Å². The van der Waals surface area contributed by atoms with Crippen molar-refractivity contribution >= 4 is 42.9 Å². The molecular formula is C27H42Cl3N3O3. The first-order chi connectivity index (χ1) is 16.1. The minimum absolute atomic E-state index is 0. The fraction of sp³-hybridized carbons (Fsp3) is 0.556. The van der Waals surface area contributed by atoms with Crippen LogP contribution >= 0.6 is 37.2 Å². The number of phenols is 2. The van der Waals surface area contributed by atoms with Crippen molar-refractivity contribution in [2.24, 2.45) is 0 Å². The molecule has 2 aromatic rings. The summed E-state index contributed by atoms with van der Waals surface area (Å²) in [7, 11) is 1.74. The summed E-state index contributed by atoms with van der Waals surface area (Å²) in [5.74, 6) is 1.01. The van der Waals surface area contributed by atoms with E-state index >= 15 is 0 Å². The molecule has 1 atom stereocenters. The van der Waals surface area contributed by atoms with Gasteiger partial charge in [-0.05, 0) is 49.4 Å². The van der Waals surface area contributed by atoms with Crippen LogP contribution in [0.4, 0.5) is 5.69 Å². The molecule has 4 rings (SSSR count). The molecule has 9 heteroatoms. The van der Waals surface area contributed by atoms with E-state index in [-0.39, 0.29) is 48.7 Å². The molecule has 1 aliphatic heterocycles. The first kappa shape index (κ1) is 32.5. The number of aromatic hydroxyl groups is 2. The number of methoxy groups -OCH3 is 1. The number of hydrogen-bond acceptors (Lipinski definition) is 6. The normalized spacial score (nSPS) is 17.4. The summed E-state index contributed by atoms with van der Waals surface area (Å²) in [5.41, 5.74) is 3.28. The Morgan fingerprint density at radius 3 is 2.36 bits per heavy atom. The summed E-state index contributed by atoms with van der Waals surface area (Å²) in [6, 6.07) is 12.3.